The van der Waals surface area contributed by atoms with Gasteiger partial charge in [-0.15, -0.1) is 0 Å². The van der Waals surface area contributed by atoms with Crippen molar-refractivity contribution >= 4 is 11.6 Å². The van der Waals surface area contributed by atoms with Gasteiger partial charge in [0.05, 0.1) is 30.1 Å². The second-order valence-corrected chi connectivity index (χ2v) is 6.60. The minimum absolute atomic E-state index is 0.141. The van der Waals surface area contributed by atoms with Crippen LogP contribution in [0.1, 0.15) is 5.56 Å². The Bertz CT molecular complexity index is 793. The Kier molecular flexibility index (Phi) is 6.07. The maximum absolute atomic E-state index is 13.3. The zero-order valence-electron chi connectivity index (χ0n) is 15.0. The fraction of sp³-hybridized carbons (Fsp3) is 0.389. The number of rotatable bonds is 5. The van der Waals surface area contributed by atoms with Crippen LogP contribution in [0.25, 0.3) is 11.1 Å². The number of alkyl halides is 1. The lowest BCUT2D eigenvalue weighted by atomic mass is 9.98. The third-order valence-electron chi connectivity index (χ3n) is 4.58. The maximum atomic E-state index is 13.3. The lowest BCUT2D eigenvalue weighted by molar-refractivity contribution is -0.122. The predicted molar refractivity (Wildman–Crippen MR) is 101 cm³/mol. The number of anilines is 1. The molecule has 3 heterocycles. The fourth-order valence-electron chi connectivity index (χ4n) is 3.18. The molecule has 0 radical (unpaired) electrons. The van der Waals surface area contributed by atoms with Crippen LogP contribution in [-0.4, -0.2) is 47.5 Å². The van der Waals surface area contributed by atoms with Crippen LogP contribution in [-0.2, 0) is 4.79 Å². The molecule has 8 nitrogen and oxygen atoms in total. The molecule has 1 amide bonds. The number of nitrogens with two attached hydrogens (primary N) is 2. The largest absolute Gasteiger partial charge is 0.324 e. The van der Waals surface area contributed by atoms with Crippen molar-refractivity contribution in [2.45, 2.75) is 25.4 Å². The number of carbonyl (C=O) groups excluding carboxylic acids is 1. The van der Waals surface area contributed by atoms with Crippen molar-refractivity contribution in [3.63, 3.8) is 0 Å². The number of halogens is 1. The fourth-order valence-corrected chi connectivity index (χ4v) is 3.18. The molecule has 3 rings (SSSR count). The molecule has 27 heavy (non-hydrogen) atoms. The summed E-state index contributed by atoms with van der Waals surface area (Å²) in [6.45, 7) is 2.22. The molecule has 1 saturated heterocycles. The molecule has 1 atom stereocenters. The van der Waals surface area contributed by atoms with E-state index in [0.717, 1.165) is 16.7 Å². The van der Waals surface area contributed by atoms with E-state index >= 15 is 0 Å². The quantitative estimate of drug-likeness (QED) is 0.470. The van der Waals surface area contributed by atoms with Crippen molar-refractivity contribution < 1.29 is 9.18 Å². The molecule has 0 bridgehead atoms. The second kappa shape index (κ2) is 8.49. The van der Waals surface area contributed by atoms with Gasteiger partial charge < -0.3 is 16.8 Å². The number of hydrogen-bond donors (Lipinski definition) is 5. The Hall–Kier alpha value is -2.46. The highest BCUT2D eigenvalue weighted by molar-refractivity contribution is 5.97. The number of carbonyl (C=O) groups is 1. The first-order chi connectivity index (χ1) is 13.0. The van der Waals surface area contributed by atoms with Gasteiger partial charge >= 0.3 is 0 Å². The second-order valence-electron chi connectivity index (χ2n) is 6.60. The predicted octanol–water partition coefficient (Wildman–Crippen LogP) is 0.107. The lowest BCUT2D eigenvalue weighted by Gasteiger charge is -2.34. The third-order valence-corrected chi connectivity index (χ3v) is 4.58. The average molecular weight is 373 g/mol. The molecule has 0 aliphatic carbocycles. The van der Waals surface area contributed by atoms with E-state index in [4.69, 9.17) is 11.5 Å². The summed E-state index contributed by atoms with van der Waals surface area (Å²) >= 11 is 0. The van der Waals surface area contributed by atoms with Gasteiger partial charge in [0.2, 0.25) is 5.91 Å². The van der Waals surface area contributed by atoms with E-state index in [1.165, 1.54) is 0 Å². The Morgan fingerprint density at radius 1 is 1.19 bits per heavy atom. The molecule has 0 saturated carbocycles. The van der Waals surface area contributed by atoms with Crippen LogP contribution < -0.4 is 27.4 Å². The standard InChI is InChI=1S/C18H24FN7O/c1-10-6-22-4-2-12(10)13-3-5-23-9-14(13)26-18(27)15(16(20)21)17-24-7-11(19)8-25-17/h2-6,9,11,15-17,24-25H,7-8,20-21H2,1H3,(H,26,27). The SMILES string of the molecule is Cc1cnccc1-c1ccncc1NC(=O)C(C(N)N)C1NCC(F)CN1. The van der Waals surface area contributed by atoms with E-state index < -0.39 is 24.4 Å². The van der Waals surface area contributed by atoms with Crippen LogP contribution in [0.4, 0.5) is 10.1 Å². The number of hydrogen-bond acceptors (Lipinski definition) is 7. The molecule has 1 fully saturated rings. The summed E-state index contributed by atoms with van der Waals surface area (Å²) in [5, 5.41) is 8.75. The van der Waals surface area contributed by atoms with E-state index in [1.54, 1.807) is 24.8 Å². The zero-order valence-corrected chi connectivity index (χ0v) is 15.0. The van der Waals surface area contributed by atoms with E-state index in [0.29, 0.717) is 5.69 Å². The van der Waals surface area contributed by atoms with Crippen molar-refractivity contribution in [2.24, 2.45) is 17.4 Å². The Morgan fingerprint density at radius 2 is 1.81 bits per heavy atom. The smallest absolute Gasteiger partial charge is 0.233 e. The van der Waals surface area contributed by atoms with Crippen LogP contribution in [0.3, 0.4) is 0 Å². The van der Waals surface area contributed by atoms with Gasteiger partial charge in [-0.05, 0) is 30.2 Å². The average Bonchev–Trinajstić information content (AvgIpc) is 2.64. The Labute approximate surface area is 156 Å². The van der Waals surface area contributed by atoms with Crippen LogP contribution in [0.15, 0.2) is 36.9 Å². The first-order valence-electron chi connectivity index (χ1n) is 8.75. The van der Waals surface area contributed by atoms with Crippen molar-refractivity contribution in [2.75, 3.05) is 18.4 Å². The topological polar surface area (TPSA) is 131 Å². The van der Waals surface area contributed by atoms with Gasteiger partial charge in [-0.25, -0.2) is 4.39 Å². The molecule has 144 valence electrons. The molecule has 7 N–H and O–H groups in total. The van der Waals surface area contributed by atoms with E-state index in [9.17, 15) is 9.18 Å². The molecule has 1 aliphatic heterocycles. The lowest BCUT2D eigenvalue weighted by Crippen LogP contribution is -2.64. The number of aryl methyl sites for hydroxylation is 1. The Morgan fingerprint density at radius 3 is 2.44 bits per heavy atom. The monoisotopic (exact) mass is 373 g/mol. The highest BCUT2D eigenvalue weighted by Gasteiger charge is 2.35. The molecular weight excluding hydrogens is 349 g/mol. The van der Waals surface area contributed by atoms with Gasteiger partial charge in [-0.2, -0.15) is 0 Å². The van der Waals surface area contributed by atoms with Gasteiger partial charge in [0.15, 0.2) is 0 Å². The molecule has 1 aliphatic rings. The molecule has 1 unspecified atom stereocenters. The van der Waals surface area contributed by atoms with Gasteiger partial charge in [-0.3, -0.25) is 25.4 Å². The van der Waals surface area contributed by atoms with E-state index in [1.807, 2.05) is 19.1 Å². The van der Waals surface area contributed by atoms with Crippen LogP contribution in [0, 0.1) is 12.8 Å². The van der Waals surface area contributed by atoms with Crippen LogP contribution in [0.2, 0.25) is 0 Å². The number of amides is 1. The summed E-state index contributed by atoms with van der Waals surface area (Å²) in [7, 11) is 0. The Balaban J connectivity index is 1.84. The highest BCUT2D eigenvalue weighted by Crippen LogP contribution is 2.29. The third kappa shape index (κ3) is 4.45. The first-order valence-corrected chi connectivity index (χ1v) is 8.75. The summed E-state index contributed by atoms with van der Waals surface area (Å²) in [6, 6.07) is 3.69. The maximum Gasteiger partial charge on any atom is 0.233 e. The number of aromatic nitrogens is 2. The molecule has 2 aromatic heterocycles. The van der Waals surface area contributed by atoms with Crippen LogP contribution >= 0.6 is 0 Å². The van der Waals surface area contributed by atoms with Crippen molar-refractivity contribution in [1.82, 2.24) is 20.6 Å². The van der Waals surface area contributed by atoms with E-state index in [-0.39, 0.29) is 19.0 Å². The molecule has 2 aromatic rings. The number of nitrogens with one attached hydrogen (secondary N) is 3. The summed E-state index contributed by atoms with van der Waals surface area (Å²) in [6.07, 6.45) is 4.22. The van der Waals surface area contributed by atoms with Crippen LogP contribution in [0.5, 0.6) is 0 Å². The zero-order chi connectivity index (χ0) is 19.4. The first kappa shape index (κ1) is 19.3. The summed E-state index contributed by atoms with van der Waals surface area (Å²) in [5.74, 6) is -1.16. The molecule has 0 spiro atoms. The minimum Gasteiger partial charge on any atom is -0.324 e. The van der Waals surface area contributed by atoms with Crippen molar-refractivity contribution in [3.8, 4) is 11.1 Å². The summed E-state index contributed by atoms with van der Waals surface area (Å²) in [4.78, 5) is 21.1. The minimum atomic E-state index is -1.02. The molecule has 9 heteroatoms. The van der Waals surface area contributed by atoms with Gasteiger partial charge in [0.25, 0.3) is 0 Å². The van der Waals surface area contributed by atoms with Crippen molar-refractivity contribution in [1.29, 1.82) is 0 Å². The van der Waals surface area contributed by atoms with Crippen molar-refractivity contribution in [3.05, 3.63) is 42.5 Å². The molecular formula is C18H24FN7O. The van der Waals surface area contributed by atoms with Gasteiger partial charge in [-0.1, -0.05) is 0 Å². The summed E-state index contributed by atoms with van der Waals surface area (Å²) < 4.78 is 13.3. The summed E-state index contributed by atoms with van der Waals surface area (Å²) in [5.41, 5.74) is 15.0. The van der Waals surface area contributed by atoms with Gasteiger partial charge in [0, 0.05) is 37.2 Å². The van der Waals surface area contributed by atoms with E-state index in [2.05, 4.69) is 25.9 Å². The molecule has 0 aromatic carbocycles. The normalized spacial score (nSPS) is 21.1. The highest BCUT2D eigenvalue weighted by atomic mass is 19.1. The number of pyridine rings is 2. The number of nitrogens with zero attached hydrogens (tertiary/aromatic N) is 2. The van der Waals surface area contributed by atoms with Gasteiger partial charge in [0.1, 0.15) is 6.17 Å².